The summed E-state index contributed by atoms with van der Waals surface area (Å²) in [4.78, 5) is 14.5. The van der Waals surface area contributed by atoms with E-state index < -0.39 is 17.3 Å². The number of hydrogen-bond acceptors (Lipinski definition) is 3. The summed E-state index contributed by atoms with van der Waals surface area (Å²) < 4.78 is 49.5. The molecule has 0 aliphatic heterocycles. The fraction of sp³-hybridized carbons (Fsp3) is 0.633. The van der Waals surface area contributed by atoms with Gasteiger partial charge in [0.25, 0.3) is 0 Å². The van der Waals surface area contributed by atoms with Crippen LogP contribution in [-0.2, 0) is 23.9 Å². The number of fused-ring (bicyclic) bond motifs is 3. The van der Waals surface area contributed by atoms with Crippen LogP contribution in [0.5, 0.6) is 0 Å². The van der Waals surface area contributed by atoms with E-state index >= 15 is 0 Å². The van der Waals surface area contributed by atoms with E-state index in [0.29, 0.717) is 11.5 Å². The lowest BCUT2D eigenvalue weighted by Crippen LogP contribution is -2.14. The van der Waals surface area contributed by atoms with Crippen molar-refractivity contribution in [3.05, 3.63) is 45.4 Å². The van der Waals surface area contributed by atoms with Crippen molar-refractivity contribution in [1.82, 2.24) is 9.55 Å². The first-order valence-electron chi connectivity index (χ1n) is 14.2. The molecule has 0 unspecified atom stereocenters. The van der Waals surface area contributed by atoms with Crippen LogP contribution in [0.25, 0.3) is 21.8 Å². The Morgan fingerprint density at radius 3 is 2.11 bits per heavy atom. The number of nitrogens with one attached hydrogen (secondary N) is 1. The van der Waals surface area contributed by atoms with Crippen molar-refractivity contribution in [2.24, 2.45) is 0 Å². The Labute approximate surface area is 223 Å². The molecule has 0 aliphatic rings. The van der Waals surface area contributed by atoms with E-state index in [1.165, 1.54) is 19.3 Å². The van der Waals surface area contributed by atoms with Crippen LogP contribution in [-0.4, -0.2) is 34.5 Å². The number of nitrogens with zero attached hydrogens (tertiary/aromatic N) is 1. The second-order valence-electron chi connectivity index (χ2n) is 10.2. The number of aromatic nitrogens is 2. The van der Waals surface area contributed by atoms with E-state index in [4.69, 9.17) is 9.84 Å². The summed E-state index contributed by atoms with van der Waals surface area (Å²) in [7, 11) is 0. The number of unbranched alkanes of at least 4 members (excludes halogenated alkanes) is 9. The summed E-state index contributed by atoms with van der Waals surface area (Å²) in [6.45, 7) is 6.60. The van der Waals surface area contributed by atoms with Crippen LogP contribution in [0.15, 0.2) is 23.0 Å². The molecule has 0 bridgehead atoms. The number of hydrogen-bond donors (Lipinski definition) is 2. The average Bonchev–Trinajstić information content (AvgIpc) is 3.15. The van der Waals surface area contributed by atoms with Gasteiger partial charge in [-0.25, -0.2) is 0 Å². The predicted octanol–water partition coefficient (Wildman–Crippen LogP) is 7.67. The largest absolute Gasteiger partial charge is 0.417 e. The Morgan fingerprint density at radius 1 is 0.895 bits per heavy atom. The van der Waals surface area contributed by atoms with Gasteiger partial charge >= 0.3 is 6.18 Å². The summed E-state index contributed by atoms with van der Waals surface area (Å²) >= 11 is 0. The lowest BCUT2D eigenvalue weighted by Gasteiger charge is -2.12. The zero-order valence-electron chi connectivity index (χ0n) is 22.9. The Kier molecular flexibility index (Phi) is 11.7. The maximum absolute atomic E-state index is 13.9. The van der Waals surface area contributed by atoms with Crippen LogP contribution in [0.2, 0.25) is 0 Å². The van der Waals surface area contributed by atoms with Crippen LogP contribution in [0.4, 0.5) is 13.2 Å². The number of aromatic amines is 1. The first-order valence-corrected chi connectivity index (χ1v) is 14.2. The lowest BCUT2D eigenvalue weighted by molar-refractivity contribution is -0.136. The van der Waals surface area contributed by atoms with Gasteiger partial charge in [0.1, 0.15) is 0 Å². The average molecular weight is 537 g/mol. The Hall–Kier alpha value is -2.32. The van der Waals surface area contributed by atoms with E-state index in [1.807, 2.05) is 19.9 Å². The summed E-state index contributed by atoms with van der Waals surface area (Å²) in [5, 5.41) is 9.45. The minimum absolute atomic E-state index is 0.0891. The predicted molar refractivity (Wildman–Crippen MR) is 148 cm³/mol. The van der Waals surface area contributed by atoms with Gasteiger partial charge < -0.3 is 19.4 Å². The highest BCUT2D eigenvalue weighted by Gasteiger charge is 2.34. The fourth-order valence-corrected chi connectivity index (χ4v) is 5.51. The maximum Gasteiger partial charge on any atom is 0.417 e. The molecule has 3 rings (SSSR count). The second kappa shape index (κ2) is 14.7. The van der Waals surface area contributed by atoms with Crippen LogP contribution < -0.4 is 5.56 Å². The van der Waals surface area contributed by atoms with Crippen molar-refractivity contribution in [1.29, 1.82) is 0 Å². The molecule has 2 heterocycles. The molecule has 0 spiro atoms. The molecule has 0 aliphatic carbocycles. The summed E-state index contributed by atoms with van der Waals surface area (Å²) in [5.74, 6) is 0. The number of alkyl halides is 3. The zero-order chi connectivity index (χ0) is 27.5. The van der Waals surface area contributed by atoms with Gasteiger partial charge in [-0.2, -0.15) is 13.2 Å². The molecule has 3 aromatic rings. The number of ether oxygens (including phenoxy) is 1. The molecule has 38 heavy (non-hydrogen) atoms. The Bertz CT molecular complexity index is 1210. The fourth-order valence-electron chi connectivity index (χ4n) is 5.51. The summed E-state index contributed by atoms with van der Waals surface area (Å²) in [6, 6.07) is 4.12. The summed E-state index contributed by atoms with van der Waals surface area (Å²) in [6.07, 6.45) is 8.09. The SMILES string of the molecule is CCc1c(C)c2c3c(C(F)(F)F)cc(=O)[nH]c3ccc2n1CCCCCCCCCOCCCCCCO. The van der Waals surface area contributed by atoms with E-state index in [0.717, 1.165) is 94.3 Å². The second-order valence-corrected chi connectivity index (χ2v) is 10.2. The van der Waals surface area contributed by atoms with Crippen LogP contribution in [0.3, 0.4) is 0 Å². The number of H-pyrrole nitrogens is 1. The van der Waals surface area contributed by atoms with Crippen LogP contribution >= 0.6 is 0 Å². The van der Waals surface area contributed by atoms with Gasteiger partial charge in [0.2, 0.25) is 5.56 Å². The number of rotatable bonds is 17. The molecule has 2 N–H and O–H groups in total. The van der Waals surface area contributed by atoms with Crippen molar-refractivity contribution < 1.29 is 23.0 Å². The highest BCUT2D eigenvalue weighted by molar-refractivity contribution is 6.09. The Balaban J connectivity index is 1.51. The van der Waals surface area contributed by atoms with Gasteiger partial charge in [0.05, 0.1) is 5.56 Å². The van der Waals surface area contributed by atoms with Crippen molar-refractivity contribution in [2.75, 3.05) is 19.8 Å². The van der Waals surface area contributed by atoms with Crippen molar-refractivity contribution in [2.45, 2.75) is 104 Å². The lowest BCUT2D eigenvalue weighted by atomic mass is 10.0. The third kappa shape index (κ3) is 7.85. The topological polar surface area (TPSA) is 67.2 Å². The third-order valence-electron chi connectivity index (χ3n) is 7.42. The van der Waals surface area contributed by atoms with Crippen molar-refractivity contribution >= 4 is 21.8 Å². The number of aliphatic hydroxyl groups is 1. The van der Waals surface area contributed by atoms with E-state index in [2.05, 4.69) is 9.55 Å². The molecule has 5 nitrogen and oxygen atoms in total. The number of benzene rings is 1. The molecule has 0 fully saturated rings. The minimum atomic E-state index is -4.60. The maximum atomic E-state index is 13.9. The summed E-state index contributed by atoms with van der Waals surface area (Å²) in [5.41, 5.74) is 1.34. The molecule has 212 valence electrons. The first-order chi connectivity index (χ1) is 18.3. The molecule has 2 aromatic heterocycles. The minimum Gasteiger partial charge on any atom is -0.396 e. The number of aliphatic hydroxyl groups excluding tert-OH is 1. The van der Waals surface area contributed by atoms with Crippen LogP contribution in [0.1, 0.15) is 94.4 Å². The number of halogens is 3. The monoisotopic (exact) mass is 536 g/mol. The molecule has 0 radical (unpaired) electrons. The smallest absolute Gasteiger partial charge is 0.396 e. The molecule has 0 amide bonds. The molecular formula is C30H43F3N2O3. The normalized spacial score (nSPS) is 12.3. The standard InChI is InChI=1S/C30H43F3N2O3/c1-3-25-22(2)28-26(16-15-24-29(28)23(30(31,32)33)21-27(37)34-24)35(25)17-11-7-5-4-6-9-13-19-38-20-14-10-8-12-18-36/h15-16,21,36H,3-14,17-20H2,1-2H3,(H,34,37). The van der Waals surface area contributed by atoms with E-state index in [9.17, 15) is 18.0 Å². The molecular weight excluding hydrogens is 493 g/mol. The van der Waals surface area contributed by atoms with Gasteiger partial charge in [0, 0.05) is 59.9 Å². The van der Waals surface area contributed by atoms with Gasteiger partial charge in [-0.05, 0) is 56.7 Å². The quantitative estimate of drug-likeness (QED) is 0.174. The Morgan fingerprint density at radius 2 is 1.50 bits per heavy atom. The molecule has 1 aromatic carbocycles. The molecule has 0 saturated carbocycles. The molecule has 0 saturated heterocycles. The number of aryl methyl sites for hydroxylation is 2. The molecule has 0 atom stereocenters. The van der Waals surface area contributed by atoms with Crippen molar-refractivity contribution in [3.8, 4) is 0 Å². The third-order valence-corrected chi connectivity index (χ3v) is 7.42. The highest BCUT2D eigenvalue weighted by Crippen LogP contribution is 2.39. The van der Waals surface area contributed by atoms with E-state index in [1.54, 1.807) is 6.07 Å². The van der Waals surface area contributed by atoms with Gasteiger partial charge in [0.15, 0.2) is 0 Å². The van der Waals surface area contributed by atoms with Gasteiger partial charge in [-0.3, -0.25) is 4.79 Å². The van der Waals surface area contributed by atoms with Crippen molar-refractivity contribution in [3.63, 3.8) is 0 Å². The first kappa shape index (κ1) is 30.2. The van der Waals surface area contributed by atoms with E-state index in [-0.39, 0.29) is 17.5 Å². The number of pyridine rings is 1. The molecule has 8 heteroatoms. The van der Waals surface area contributed by atoms with Gasteiger partial charge in [-0.1, -0.05) is 51.9 Å². The zero-order valence-corrected chi connectivity index (χ0v) is 22.9. The highest BCUT2D eigenvalue weighted by atomic mass is 19.4. The van der Waals surface area contributed by atoms with Gasteiger partial charge in [-0.15, -0.1) is 0 Å². The van der Waals surface area contributed by atoms with Crippen LogP contribution in [0, 0.1) is 6.92 Å².